The molecule has 0 amide bonds. The average molecular weight is 533 g/mol. The number of carbonyl (C=O) groups excluding carboxylic acids is 1. The lowest BCUT2D eigenvalue weighted by Gasteiger charge is -2.42. The average Bonchev–Trinajstić information content (AvgIpc) is 2.93. The third kappa shape index (κ3) is 4.70. The smallest absolute Gasteiger partial charge is 0.258 e. The molecule has 2 aromatic carbocycles. The second-order valence-corrected chi connectivity index (χ2v) is 12.4. The highest BCUT2D eigenvalue weighted by molar-refractivity contribution is 7.99. The van der Waals surface area contributed by atoms with Gasteiger partial charge in [0, 0.05) is 27.6 Å². The van der Waals surface area contributed by atoms with Crippen molar-refractivity contribution < 1.29 is 4.79 Å². The molecule has 0 unspecified atom stereocenters. The summed E-state index contributed by atoms with van der Waals surface area (Å²) in [7, 11) is 0. The Morgan fingerprint density at radius 2 is 1.68 bits per heavy atom. The van der Waals surface area contributed by atoms with Gasteiger partial charge in [-0.2, -0.15) is 0 Å². The van der Waals surface area contributed by atoms with Crippen molar-refractivity contribution in [3.05, 3.63) is 80.6 Å². The van der Waals surface area contributed by atoms with Crippen LogP contribution in [0.4, 0.5) is 0 Å². The van der Waals surface area contributed by atoms with Gasteiger partial charge in [-0.25, -0.2) is 4.98 Å². The molecule has 2 saturated carbocycles. The third-order valence-corrected chi connectivity index (χ3v) is 9.87. The molecule has 3 aliphatic carbocycles. The first kappa shape index (κ1) is 24.9. The van der Waals surface area contributed by atoms with E-state index in [0.29, 0.717) is 15.7 Å². The third-order valence-electron chi connectivity index (χ3n) is 8.66. The highest BCUT2D eigenvalue weighted by Crippen LogP contribution is 2.49. The molecule has 2 fully saturated rings. The quantitative estimate of drug-likeness (QED) is 0.191. The highest BCUT2D eigenvalue weighted by atomic mass is 35.5. The Balaban J connectivity index is 1.47. The van der Waals surface area contributed by atoms with Crippen molar-refractivity contribution in [1.29, 1.82) is 0 Å². The predicted octanol–water partition coefficient (Wildman–Crippen LogP) is 7.80. The fourth-order valence-electron chi connectivity index (χ4n) is 6.81. The summed E-state index contributed by atoms with van der Waals surface area (Å²) in [5, 5.41) is 1.31. The normalized spacial score (nSPS) is 18.8. The zero-order valence-corrected chi connectivity index (χ0v) is 22.8. The first-order valence-corrected chi connectivity index (χ1v) is 15.1. The summed E-state index contributed by atoms with van der Waals surface area (Å²) in [6, 6.07) is 15.7. The Labute approximate surface area is 227 Å². The summed E-state index contributed by atoms with van der Waals surface area (Å²) in [5.41, 5.74) is 4.86. The van der Waals surface area contributed by atoms with Gasteiger partial charge in [0.25, 0.3) is 5.56 Å². The Hall–Kier alpha value is -2.37. The topological polar surface area (TPSA) is 52.0 Å². The van der Waals surface area contributed by atoms with Crippen molar-refractivity contribution in [3.63, 3.8) is 0 Å². The zero-order valence-electron chi connectivity index (χ0n) is 21.2. The first-order chi connectivity index (χ1) is 18.1. The Kier molecular flexibility index (Phi) is 7.02. The number of fused-ring (bicyclic) bond motifs is 4. The van der Waals surface area contributed by atoms with Crippen molar-refractivity contribution in [2.45, 2.75) is 87.2 Å². The molecule has 0 N–H and O–H groups in total. The molecule has 1 heterocycles. The number of nitrogens with zero attached hydrogens (tertiary/aromatic N) is 2. The highest BCUT2D eigenvalue weighted by Gasteiger charge is 2.44. The van der Waals surface area contributed by atoms with E-state index in [-0.39, 0.29) is 28.6 Å². The lowest BCUT2D eigenvalue weighted by molar-refractivity contribution is 0.102. The van der Waals surface area contributed by atoms with Crippen LogP contribution in [0, 0.1) is 0 Å². The van der Waals surface area contributed by atoms with Crippen molar-refractivity contribution in [1.82, 2.24) is 9.55 Å². The van der Waals surface area contributed by atoms with Crippen molar-refractivity contribution in [3.8, 4) is 11.3 Å². The number of aromatic nitrogens is 2. The van der Waals surface area contributed by atoms with E-state index in [1.807, 2.05) is 10.6 Å². The van der Waals surface area contributed by atoms with Crippen LogP contribution >= 0.6 is 23.4 Å². The fraction of sp³-hybridized carbons (Fsp3) is 0.452. The van der Waals surface area contributed by atoms with E-state index in [1.54, 1.807) is 24.3 Å². The van der Waals surface area contributed by atoms with Gasteiger partial charge in [-0.1, -0.05) is 86.2 Å². The van der Waals surface area contributed by atoms with Crippen LogP contribution in [0.15, 0.2) is 58.5 Å². The SMILES string of the molecule is O=C(CSc1nc2c(c(=O)n1C1CCCCC1)C1(CCCCC1)Cc1ccccc1-2)c1ccc(Cl)cc1. The number of hydrogen-bond acceptors (Lipinski definition) is 4. The molecular formula is C31H33ClN2O2S. The van der Waals surface area contributed by atoms with Gasteiger partial charge >= 0.3 is 0 Å². The molecule has 0 radical (unpaired) electrons. The van der Waals surface area contributed by atoms with E-state index in [0.717, 1.165) is 74.6 Å². The van der Waals surface area contributed by atoms with E-state index in [4.69, 9.17) is 16.6 Å². The molecular weight excluding hydrogens is 500 g/mol. The number of carbonyl (C=O) groups is 1. The van der Waals surface area contributed by atoms with Crippen LogP contribution in [0.1, 0.15) is 91.7 Å². The van der Waals surface area contributed by atoms with E-state index >= 15 is 0 Å². The largest absolute Gasteiger partial charge is 0.293 e. The maximum atomic E-state index is 14.6. The molecule has 6 heteroatoms. The van der Waals surface area contributed by atoms with Crippen LogP contribution in [0.3, 0.4) is 0 Å². The monoisotopic (exact) mass is 532 g/mol. The maximum absolute atomic E-state index is 14.6. The van der Waals surface area contributed by atoms with Crippen molar-refractivity contribution >= 4 is 29.1 Å². The Morgan fingerprint density at radius 3 is 2.43 bits per heavy atom. The molecule has 3 aliphatic rings. The van der Waals surface area contributed by atoms with Crippen LogP contribution in [0.2, 0.25) is 5.02 Å². The molecule has 1 aromatic heterocycles. The lowest BCUT2D eigenvalue weighted by atomic mass is 9.62. The summed E-state index contributed by atoms with van der Waals surface area (Å²) in [6.07, 6.45) is 12.1. The lowest BCUT2D eigenvalue weighted by Crippen LogP contribution is -2.44. The van der Waals surface area contributed by atoms with Gasteiger partial charge < -0.3 is 0 Å². The van der Waals surface area contributed by atoms with Crippen LogP contribution in [0.25, 0.3) is 11.3 Å². The first-order valence-electron chi connectivity index (χ1n) is 13.7. The molecule has 37 heavy (non-hydrogen) atoms. The van der Waals surface area contributed by atoms with E-state index in [9.17, 15) is 9.59 Å². The minimum atomic E-state index is -0.120. The number of ketones is 1. The zero-order chi connectivity index (χ0) is 25.4. The number of rotatable bonds is 5. The van der Waals surface area contributed by atoms with E-state index in [2.05, 4.69) is 18.2 Å². The number of thioether (sulfide) groups is 1. The number of benzene rings is 2. The number of hydrogen-bond donors (Lipinski definition) is 0. The van der Waals surface area contributed by atoms with Crippen LogP contribution < -0.4 is 5.56 Å². The molecule has 0 saturated heterocycles. The maximum Gasteiger partial charge on any atom is 0.258 e. The fourth-order valence-corrected chi connectivity index (χ4v) is 7.89. The Bertz CT molecular complexity index is 1370. The van der Waals surface area contributed by atoms with Crippen LogP contribution in [-0.2, 0) is 11.8 Å². The molecule has 3 aromatic rings. The van der Waals surface area contributed by atoms with Crippen molar-refractivity contribution in [2.75, 3.05) is 5.75 Å². The molecule has 1 spiro atoms. The molecule has 4 nitrogen and oxygen atoms in total. The Morgan fingerprint density at radius 1 is 0.973 bits per heavy atom. The molecule has 0 atom stereocenters. The summed E-state index contributed by atoms with van der Waals surface area (Å²) in [6.45, 7) is 0. The summed E-state index contributed by atoms with van der Waals surface area (Å²) in [5.74, 6) is 0.264. The van der Waals surface area contributed by atoms with Gasteiger partial charge in [0.15, 0.2) is 10.9 Å². The van der Waals surface area contributed by atoms with Crippen LogP contribution in [-0.4, -0.2) is 21.1 Å². The number of halogens is 1. The second-order valence-electron chi connectivity index (χ2n) is 11.0. The molecule has 192 valence electrons. The standard InChI is InChI=1S/C31H33ClN2O2S/c32-23-15-13-21(14-16-23)26(35)20-37-30-33-28-25-12-6-5-9-22(25)19-31(17-7-2-8-18-31)27(28)29(36)34(30)24-10-3-1-4-11-24/h5-6,9,12-16,24H,1-4,7-8,10-11,17-20H2. The van der Waals surface area contributed by atoms with Gasteiger partial charge in [0.1, 0.15) is 0 Å². The van der Waals surface area contributed by atoms with E-state index in [1.165, 1.54) is 30.2 Å². The summed E-state index contributed by atoms with van der Waals surface area (Å²) < 4.78 is 2.00. The van der Waals surface area contributed by atoms with Crippen molar-refractivity contribution in [2.24, 2.45) is 0 Å². The van der Waals surface area contributed by atoms with Gasteiger partial charge in [-0.15, -0.1) is 0 Å². The summed E-state index contributed by atoms with van der Waals surface area (Å²) >= 11 is 7.43. The van der Waals surface area contributed by atoms with E-state index < -0.39 is 0 Å². The van der Waals surface area contributed by atoms with Gasteiger partial charge in [0.05, 0.1) is 17.0 Å². The predicted molar refractivity (Wildman–Crippen MR) is 151 cm³/mol. The minimum Gasteiger partial charge on any atom is -0.293 e. The molecule has 0 aliphatic heterocycles. The number of Topliss-reactive ketones (excluding diaryl/α,β-unsaturated/α-hetero) is 1. The summed E-state index contributed by atoms with van der Waals surface area (Å²) in [4.78, 5) is 32.9. The molecule has 6 rings (SSSR count). The second kappa shape index (κ2) is 10.4. The van der Waals surface area contributed by atoms with Gasteiger partial charge in [-0.3, -0.25) is 14.2 Å². The minimum absolute atomic E-state index is 0.0213. The van der Waals surface area contributed by atoms with Gasteiger partial charge in [-0.05, 0) is 61.9 Å². The van der Waals surface area contributed by atoms with Crippen LogP contribution in [0.5, 0.6) is 0 Å². The molecule has 0 bridgehead atoms. The van der Waals surface area contributed by atoms with Gasteiger partial charge in [0.2, 0.25) is 0 Å².